The molecule has 0 aliphatic heterocycles. The van der Waals surface area contributed by atoms with Gasteiger partial charge in [-0.1, -0.05) is 15.9 Å². The summed E-state index contributed by atoms with van der Waals surface area (Å²) in [7, 11) is -3.08. The Balaban J connectivity index is 2.41. The predicted molar refractivity (Wildman–Crippen MR) is 62.1 cm³/mol. The van der Waals surface area contributed by atoms with Gasteiger partial charge in [-0.3, -0.25) is 0 Å². The standard InChI is InChI=1S/C9H18BrNO2S/c1-8(2)14(12,13)11-7-9(3-4-9)5-6-10/h8,11H,3-7H2,1-2H3. The fourth-order valence-electron chi connectivity index (χ4n) is 1.31. The lowest BCUT2D eigenvalue weighted by Crippen LogP contribution is -2.35. The van der Waals surface area contributed by atoms with E-state index in [1.54, 1.807) is 13.8 Å². The number of halogens is 1. The Labute approximate surface area is 94.8 Å². The molecule has 1 aliphatic carbocycles. The summed E-state index contributed by atoms with van der Waals surface area (Å²) in [5, 5.41) is 0.624. The molecule has 0 aromatic heterocycles. The highest BCUT2D eigenvalue weighted by Gasteiger charge is 2.42. The van der Waals surface area contributed by atoms with Crippen LogP contribution in [0.15, 0.2) is 0 Å². The molecule has 0 spiro atoms. The number of hydrogen-bond acceptors (Lipinski definition) is 2. The molecule has 1 N–H and O–H groups in total. The molecule has 0 aromatic rings. The van der Waals surface area contributed by atoms with Gasteiger partial charge in [0.1, 0.15) is 0 Å². The summed E-state index contributed by atoms with van der Waals surface area (Å²) in [4.78, 5) is 0. The average molecular weight is 284 g/mol. The Morgan fingerprint density at radius 2 is 2.00 bits per heavy atom. The van der Waals surface area contributed by atoms with Crippen molar-refractivity contribution in [2.45, 2.75) is 38.4 Å². The van der Waals surface area contributed by atoms with E-state index in [2.05, 4.69) is 20.7 Å². The Bertz CT molecular complexity index is 283. The van der Waals surface area contributed by atoms with Crippen molar-refractivity contribution in [2.75, 3.05) is 11.9 Å². The molecule has 0 saturated heterocycles. The summed E-state index contributed by atoms with van der Waals surface area (Å²) >= 11 is 3.40. The fraction of sp³-hybridized carbons (Fsp3) is 1.00. The van der Waals surface area contributed by atoms with E-state index in [1.165, 1.54) is 0 Å². The Hall–Kier alpha value is 0.390. The van der Waals surface area contributed by atoms with Crippen LogP contribution in [0.4, 0.5) is 0 Å². The third-order valence-corrected chi connectivity index (χ3v) is 5.04. The van der Waals surface area contributed by atoms with Crippen LogP contribution in [0.1, 0.15) is 33.1 Å². The summed E-state index contributed by atoms with van der Waals surface area (Å²) in [6.07, 6.45) is 3.37. The van der Waals surface area contributed by atoms with Crippen LogP contribution in [0.5, 0.6) is 0 Å². The van der Waals surface area contributed by atoms with E-state index >= 15 is 0 Å². The van der Waals surface area contributed by atoms with Gasteiger partial charge < -0.3 is 0 Å². The molecule has 0 unspecified atom stereocenters. The van der Waals surface area contributed by atoms with Gasteiger partial charge in [-0.05, 0) is 38.5 Å². The van der Waals surface area contributed by atoms with E-state index in [0.717, 1.165) is 24.6 Å². The number of hydrogen-bond donors (Lipinski definition) is 1. The zero-order valence-corrected chi connectivity index (χ0v) is 11.1. The Morgan fingerprint density at radius 3 is 2.36 bits per heavy atom. The van der Waals surface area contributed by atoms with Crippen LogP contribution in [-0.2, 0) is 10.0 Å². The molecule has 5 heteroatoms. The van der Waals surface area contributed by atoms with Gasteiger partial charge in [0.15, 0.2) is 0 Å². The van der Waals surface area contributed by atoms with Gasteiger partial charge in [0.05, 0.1) is 5.25 Å². The van der Waals surface area contributed by atoms with E-state index in [4.69, 9.17) is 0 Å². The zero-order valence-electron chi connectivity index (χ0n) is 8.72. The largest absolute Gasteiger partial charge is 0.214 e. The molecule has 1 rings (SSSR count). The zero-order chi connectivity index (χ0) is 10.8. The first kappa shape index (κ1) is 12.5. The van der Waals surface area contributed by atoms with Gasteiger partial charge in [0.2, 0.25) is 10.0 Å². The molecule has 0 bridgehead atoms. The smallest absolute Gasteiger partial charge is 0.213 e. The first-order chi connectivity index (χ1) is 6.42. The number of alkyl halides is 1. The predicted octanol–water partition coefficient (Wildman–Crippen LogP) is 1.88. The summed E-state index contributed by atoms with van der Waals surface area (Å²) in [6.45, 7) is 4.01. The van der Waals surface area contributed by atoms with E-state index < -0.39 is 10.0 Å². The molecule has 0 heterocycles. The highest BCUT2D eigenvalue weighted by atomic mass is 79.9. The van der Waals surface area contributed by atoms with Crippen molar-refractivity contribution < 1.29 is 8.42 Å². The maximum absolute atomic E-state index is 11.5. The molecule has 0 amide bonds. The molecule has 1 fully saturated rings. The highest BCUT2D eigenvalue weighted by molar-refractivity contribution is 9.09. The van der Waals surface area contributed by atoms with Crippen LogP contribution in [0, 0.1) is 5.41 Å². The maximum Gasteiger partial charge on any atom is 0.213 e. The number of sulfonamides is 1. The van der Waals surface area contributed by atoms with Gasteiger partial charge >= 0.3 is 0 Å². The van der Waals surface area contributed by atoms with Crippen LogP contribution >= 0.6 is 15.9 Å². The first-order valence-electron chi connectivity index (χ1n) is 4.96. The van der Waals surface area contributed by atoms with E-state index in [0.29, 0.717) is 6.54 Å². The molecule has 0 atom stereocenters. The molecule has 0 radical (unpaired) electrons. The first-order valence-corrected chi connectivity index (χ1v) is 7.63. The third-order valence-electron chi connectivity index (χ3n) is 2.85. The fourth-order valence-corrected chi connectivity index (χ4v) is 2.99. The van der Waals surface area contributed by atoms with E-state index in [1.807, 2.05) is 0 Å². The summed E-state index contributed by atoms with van der Waals surface area (Å²) < 4.78 is 25.7. The van der Waals surface area contributed by atoms with Gasteiger partial charge in [0.25, 0.3) is 0 Å². The Morgan fingerprint density at radius 1 is 1.43 bits per heavy atom. The van der Waals surface area contributed by atoms with Crippen molar-refractivity contribution in [3.05, 3.63) is 0 Å². The Kier molecular flexibility index (Phi) is 4.00. The van der Waals surface area contributed by atoms with E-state index in [-0.39, 0.29) is 10.7 Å². The molecule has 14 heavy (non-hydrogen) atoms. The summed E-state index contributed by atoms with van der Waals surface area (Å²) in [5.41, 5.74) is 0.255. The monoisotopic (exact) mass is 283 g/mol. The highest BCUT2D eigenvalue weighted by Crippen LogP contribution is 2.48. The lowest BCUT2D eigenvalue weighted by Gasteiger charge is -2.16. The van der Waals surface area contributed by atoms with Gasteiger partial charge in [-0.25, -0.2) is 13.1 Å². The van der Waals surface area contributed by atoms with Gasteiger partial charge in [0, 0.05) is 11.9 Å². The van der Waals surface area contributed by atoms with Crippen molar-refractivity contribution in [1.82, 2.24) is 4.72 Å². The lowest BCUT2D eigenvalue weighted by atomic mass is 10.1. The quantitative estimate of drug-likeness (QED) is 0.757. The third kappa shape index (κ3) is 3.21. The minimum absolute atomic E-state index is 0.255. The van der Waals surface area contributed by atoms with Crippen LogP contribution < -0.4 is 4.72 Å². The SMILES string of the molecule is CC(C)S(=O)(=O)NCC1(CCBr)CC1. The van der Waals surface area contributed by atoms with Gasteiger partial charge in [-0.15, -0.1) is 0 Å². The van der Waals surface area contributed by atoms with Crippen molar-refractivity contribution in [3.8, 4) is 0 Å². The van der Waals surface area contributed by atoms with Gasteiger partial charge in [-0.2, -0.15) is 0 Å². The minimum Gasteiger partial charge on any atom is -0.214 e. The second kappa shape index (κ2) is 4.49. The molecule has 3 nitrogen and oxygen atoms in total. The summed E-state index contributed by atoms with van der Waals surface area (Å²) in [6, 6.07) is 0. The van der Waals surface area contributed by atoms with Crippen molar-refractivity contribution >= 4 is 26.0 Å². The topological polar surface area (TPSA) is 46.2 Å². The molecule has 0 aromatic carbocycles. The second-order valence-corrected chi connectivity index (χ2v) is 7.47. The number of nitrogens with one attached hydrogen (secondary N) is 1. The summed E-state index contributed by atoms with van der Waals surface area (Å²) in [5.74, 6) is 0. The molecule has 1 saturated carbocycles. The molecule has 1 aliphatic rings. The molecular weight excluding hydrogens is 266 g/mol. The second-order valence-electron chi connectivity index (χ2n) is 4.35. The normalized spacial score (nSPS) is 20.0. The average Bonchev–Trinajstić information content (AvgIpc) is 2.83. The van der Waals surface area contributed by atoms with Crippen molar-refractivity contribution in [2.24, 2.45) is 5.41 Å². The van der Waals surface area contributed by atoms with Crippen LogP contribution in [0.2, 0.25) is 0 Å². The van der Waals surface area contributed by atoms with E-state index in [9.17, 15) is 8.42 Å². The molecular formula is C9H18BrNO2S. The number of rotatable bonds is 6. The minimum atomic E-state index is -3.08. The lowest BCUT2D eigenvalue weighted by molar-refractivity contribution is 0.478. The van der Waals surface area contributed by atoms with Crippen LogP contribution in [-0.4, -0.2) is 25.5 Å². The van der Waals surface area contributed by atoms with Crippen molar-refractivity contribution in [3.63, 3.8) is 0 Å². The van der Waals surface area contributed by atoms with Crippen LogP contribution in [0.25, 0.3) is 0 Å². The molecule has 84 valence electrons. The van der Waals surface area contributed by atoms with Crippen molar-refractivity contribution in [1.29, 1.82) is 0 Å². The van der Waals surface area contributed by atoms with Crippen LogP contribution in [0.3, 0.4) is 0 Å². The maximum atomic E-state index is 11.5.